The number of imidazole rings is 1. The summed E-state index contributed by atoms with van der Waals surface area (Å²) in [7, 11) is 0. The smallest absolute Gasteiger partial charge is 0.259 e. The van der Waals surface area contributed by atoms with E-state index in [2.05, 4.69) is 20.3 Å². The van der Waals surface area contributed by atoms with Crippen molar-refractivity contribution in [1.29, 1.82) is 0 Å². The van der Waals surface area contributed by atoms with Crippen LogP contribution in [0.15, 0.2) is 29.1 Å². The number of benzene rings is 1. The van der Waals surface area contributed by atoms with Crippen LogP contribution >= 0.6 is 23.1 Å². The Hall–Kier alpha value is -2.65. The molecule has 0 aliphatic rings. The lowest BCUT2D eigenvalue weighted by Gasteiger charge is -2.12. The maximum absolute atomic E-state index is 12.7. The molecule has 0 bridgehead atoms. The van der Waals surface area contributed by atoms with Gasteiger partial charge < -0.3 is 9.55 Å². The molecule has 7 nitrogen and oxygen atoms in total. The van der Waals surface area contributed by atoms with Gasteiger partial charge in [0.2, 0.25) is 11.9 Å². The molecule has 0 aliphatic heterocycles. The first-order valence-corrected chi connectivity index (χ1v) is 11.6. The highest BCUT2D eigenvalue weighted by Gasteiger charge is 2.19. The third-order valence-corrected chi connectivity index (χ3v) is 7.39. The Kier molecular flexibility index (Phi) is 5.66. The minimum absolute atomic E-state index is 0.119. The summed E-state index contributed by atoms with van der Waals surface area (Å²) < 4.78 is 1.99. The molecule has 2 N–H and O–H groups in total. The Balaban J connectivity index is 1.47. The number of nitrogens with zero attached hydrogens (tertiary/aromatic N) is 3. The fraction of sp³-hybridized carbons (Fsp3) is 0.333. The lowest BCUT2D eigenvalue weighted by atomic mass is 10.2. The van der Waals surface area contributed by atoms with Crippen molar-refractivity contribution in [3.05, 3.63) is 50.9 Å². The number of aryl methyl sites for hydroxylation is 3. The first-order valence-electron chi connectivity index (χ1n) is 9.75. The summed E-state index contributed by atoms with van der Waals surface area (Å²) >= 11 is 2.95. The number of para-hydroxylation sites is 2. The van der Waals surface area contributed by atoms with E-state index in [1.54, 1.807) is 0 Å². The summed E-state index contributed by atoms with van der Waals surface area (Å²) in [6.07, 6.45) is 0. The normalized spacial score (nSPS) is 12.5. The van der Waals surface area contributed by atoms with Crippen LogP contribution in [0.3, 0.4) is 0 Å². The molecule has 1 aromatic carbocycles. The van der Waals surface area contributed by atoms with Crippen molar-refractivity contribution < 1.29 is 4.79 Å². The molecule has 30 heavy (non-hydrogen) atoms. The molecular weight excluding hydrogens is 418 g/mol. The average molecular weight is 442 g/mol. The quantitative estimate of drug-likeness (QED) is 0.467. The summed E-state index contributed by atoms with van der Waals surface area (Å²) in [6.45, 7) is 8.51. The highest BCUT2D eigenvalue weighted by atomic mass is 32.2. The lowest BCUT2D eigenvalue weighted by molar-refractivity contribution is -0.115. The van der Waals surface area contributed by atoms with Crippen LogP contribution in [0, 0.1) is 13.8 Å². The van der Waals surface area contributed by atoms with Gasteiger partial charge in [-0.25, -0.2) is 9.97 Å². The topological polar surface area (TPSA) is 92.7 Å². The molecule has 4 aromatic rings. The van der Waals surface area contributed by atoms with Crippen molar-refractivity contribution in [3.8, 4) is 0 Å². The van der Waals surface area contributed by atoms with Crippen LogP contribution in [0.25, 0.3) is 21.3 Å². The van der Waals surface area contributed by atoms with Crippen molar-refractivity contribution in [1.82, 2.24) is 19.5 Å². The molecule has 0 fully saturated rings. The molecule has 9 heteroatoms. The predicted molar refractivity (Wildman–Crippen MR) is 125 cm³/mol. The van der Waals surface area contributed by atoms with Gasteiger partial charge in [-0.15, -0.1) is 23.1 Å². The van der Waals surface area contributed by atoms with Crippen molar-refractivity contribution in [2.45, 2.75) is 45.2 Å². The van der Waals surface area contributed by atoms with E-state index >= 15 is 0 Å². The first-order chi connectivity index (χ1) is 14.4. The van der Waals surface area contributed by atoms with Gasteiger partial charge in [0, 0.05) is 11.4 Å². The zero-order valence-electron chi connectivity index (χ0n) is 17.3. The van der Waals surface area contributed by atoms with Gasteiger partial charge in [0.25, 0.3) is 5.56 Å². The minimum Gasteiger partial charge on any atom is -0.310 e. The van der Waals surface area contributed by atoms with Crippen molar-refractivity contribution in [2.24, 2.45) is 0 Å². The van der Waals surface area contributed by atoms with Crippen LogP contribution in [0.4, 0.5) is 5.95 Å². The Labute approximate surface area is 181 Å². The zero-order chi connectivity index (χ0) is 21.4. The van der Waals surface area contributed by atoms with E-state index in [9.17, 15) is 9.59 Å². The summed E-state index contributed by atoms with van der Waals surface area (Å²) in [5.74, 6) is 1.45. The van der Waals surface area contributed by atoms with Crippen LogP contribution in [0.5, 0.6) is 0 Å². The number of fused-ring (bicyclic) bond motifs is 2. The maximum Gasteiger partial charge on any atom is 0.259 e. The largest absolute Gasteiger partial charge is 0.310 e. The Bertz CT molecular complexity index is 1300. The molecule has 3 heterocycles. The summed E-state index contributed by atoms with van der Waals surface area (Å²) in [4.78, 5) is 39.0. The fourth-order valence-corrected chi connectivity index (χ4v) is 5.15. The van der Waals surface area contributed by atoms with Gasteiger partial charge in [0.1, 0.15) is 10.7 Å². The van der Waals surface area contributed by atoms with Gasteiger partial charge in [-0.2, -0.15) is 0 Å². The van der Waals surface area contributed by atoms with E-state index in [4.69, 9.17) is 0 Å². The first kappa shape index (κ1) is 20.6. The van der Waals surface area contributed by atoms with Gasteiger partial charge in [-0.05, 0) is 45.4 Å². The monoisotopic (exact) mass is 441 g/mol. The SMILES string of the molecule is CCn1c(NC(=O)C(C)SCc2nc3sc(C)c(C)c3c(=O)[nH]2)nc2ccccc21. The number of carbonyl (C=O) groups excluding carboxylic acids is 1. The van der Waals surface area contributed by atoms with Crippen LogP contribution in [0.1, 0.15) is 30.1 Å². The van der Waals surface area contributed by atoms with Gasteiger partial charge in [-0.1, -0.05) is 12.1 Å². The van der Waals surface area contributed by atoms with E-state index in [1.807, 2.05) is 56.5 Å². The number of rotatable bonds is 6. The van der Waals surface area contributed by atoms with Crippen LogP contribution in [0.2, 0.25) is 0 Å². The van der Waals surface area contributed by atoms with E-state index < -0.39 is 0 Å². The molecular formula is C21H23N5O2S2. The third-order valence-electron chi connectivity index (χ3n) is 5.13. The summed E-state index contributed by atoms with van der Waals surface area (Å²) in [5, 5.41) is 3.27. The molecule has 1 unspecified atom stereocenters. The second-order valence-corrected chi connectivity index (χ2v) is 9.62. The van der Waals surface area contributed by atoms with Crippen LogP contribution in [-0.4, -0.2) is 30.7 Å². The van der Waals surface area contributed by atoms with Crippen molar-refractivity contribution in [2.75, 3.05) is 5.32 Å². The average Bonchev–Trinajstić information content (AvgIpc) is 3.22. The Morgan fingerprint density at radius 3 is 2.83 bits per heavy atom. The molecule has 0 radical (unpaired) electrons. The van der Waals surface area contributed by atoms with Gasteiger partial charge in [0.15, 0.2) is 0 Å². The second kappa shape index (κ2) is 8.23. The molecule has 156 valence electrons. The van der Waals surface area contributed by atoms with Crippen LogP contribution in [-0.2, 0) is 17.1 Å². The van der Waals surface area contributed by atoms with Crippen LogP contribution < -0.4 is 10.9 Å². The molecule has 0 spiro atoms. The van der Waals surface area contributed by atoms with Crippen molar-refractivity contribution >= 4 is 56.2 Å². The highest BCUT2D eigenvalue weighted by Crippen LogP contribution is 2.27. The summed E-state index contributed by atoms with van der Waals surface area (Å²) in [5.41, 5.74) is 2.71. The predicted octanol–water partition coefficient (Wildman–Crippen LogP) is 4.23. The fourth-order valence-electron chi connectivity index (χ4n) is 3.35. The summed E-state index contributed by atoms with van der Waals surface area (Å²) in [6, 6.07) is 7.81. The maximum atomic E-state index is 12.7. The van der Waals surface area contributed by atoms with Gasteiger partial charge in [-0.3, -0.25) is 14.9 Å². The number of carbonyl (C=O) groups is 1. The highest BCUT2D eigenvalue weighted by molar-refractivity contribution is 7.99. The second-order valence-electron chi connectivity index (χ2n) is 7.09. The zero-order valence-corrected chi connectivity index (χ0v) is 18.9. The van der Waals surface area contributed by atoms with E-state index in [0.717, 1.165) is 26.3 Å². The third kappa shape index (κ3) is 3.75. The van der Waals surface area contributed by atoms with Gasteiger partial charge in [0.05, 0.1) is 27.4 Å². The van der Waals surface area contributed by atoms with Crippen molar-refractivity contribution in [3.63, 3.8) is 0 Å². The standard InChI is InChI=1S/C21H23N5O2S2/c1-5-26-15-9-7-6-8-14(15)22-21(26)25-18(27)13(4)29-10-16-23-19(28)17-11(2)12(3)30-20(17)24-16/h6-9,13H,5,10H2,1-4H3,(H,22,25,27)(H,23,24,28). The Morgan fingerprint density at radius 2 is 2.07 bits per heavy atom. The van der Waals surface area contributed by atoms with Gasteiger partial charge >= 0.3 is 0 Å². The molecule has 0 saturated carbocycles. The molecule has 1 atom stereocenters. The Morgan fingerprint density at radius 1 is 1.30 bits per heavy atom. The van der Waals surface area contributed by atoms with E-state index in [1.165, 1.54) is 23.1 Å². The number of aromatic nitrogens is 4. The molecule has 0 aliphatic carbocycles. The number of amides is 1. The number of aromatic amines is 1. The number of hydrogen-bond acceptors (Lipinski definition) is 6. The number of anilines is 1. The molecule has 3 aromatic heterocycles. The van der Waals surface area contributed by atoms with E-state index in [0.29, 0.717) is 29.5 Å². The molecule has 1 amide bonds. The molecule has 4 rings (SSSR count). The number of nitrogens with one attached hydrogen (secondary N) is 2. The minimum atomic E-state index is -0.331. The number of H-pyrrole nitrogens is 1. The molecule has 0 saturated heterocycles. The number of thioether (sulfide) groups is 1. The number of thiophene rings is 1. The number of hydrogen-bond donors (Lipinski definition) is 2. The lowest BCUT2D eigenvalue weighted by Crippen LogP contribution is -2.25. The van der Waals surface area contributed by atoms with E-state index in [-0.39, 0.29) is 16.7 Å².